The quantitative estimate of drug-likeness (QED) is 0.207. The van der Waals surface area contributed by atoms with Crippen LogP contribution in [0.2, 0.25) is 5.02 Å². The van der Waals surface area contributed by atoms with E-state index in [1.54, 1.807) is 54.6 Å². The molecule has 0 unspecified atom stereocenters. The Morgan fingerprint density at radius 3 is 2.32 bits per heavy atom. The second kappa shape index (κ2) is 8.04. The van der Waals surface area contributed by atoms with E-state index in [2.05, 4.69) is 0 Å². The van der Waals surface area contributed by atoms with Gasteiger partial charge < -0.3 is 5.11 Å². The zero-order valence-electron chi connectivity index (χ0n) is 15.9. The van der Waals surface area contributed by atoms with Gasteiger partial charge in [0.05, 0.1) is 22.2 Å². The fourth-order valence-corrected chi connectivity index (χ4v) is 3.84. The third kappa shape index (κ3) is 3.55. The number of ketones is 1. The van der Waals surface area contributed by atoms with Gasteiger partial charge in [-0.1, -0.05) is 66.2 Å². The summed E-state index contributed by atoms with van der Waals surface area (Å²) in [6, 6.07) is 19.3. The Morgan fingerprint density at radius 2 is 1.65 bits per heavy atom. The molecular formula is C23H15ClN2O5. The molecule has 1 aliphatic rings. The van der Waals surface area contributed by atoms with Crippen molar-refractivity contribution in [2.24, 2.45) is 0 Å². The van der Waals surface area contributed by atoms with E-state index in [9.17, 15) is 24.8 Å². The number of non-ortho nitro benzene ring substituents is 1. The number of nitro groups is 1. The molecule has 1 amide bonds. The normalized spacial score (nSPS) is 17.7. The molecule has 1 aliphatic heterocycles. The molecule has 0 saturated carbocycles. The van der Waals surface area contributed by atoms with Gasteiger partial charge in [-0.15, -0.1) is 0 Å². The molecule has 3 aromatic rings. The maximum Gasteiger partial charge on any atom is 0.300 e. The Balaban J connectivity index is 1.98. The Morgan fingerprint density at radius 1 is 0.968 bits per heavy atom. The van der Waals surface area contributed by atoms with Crippen LogP contribution in [0.3, 0.4) is 0 Å². The summed E-state index contributed by atoms with van der Waals surface area (Å²) in [5, 5.41) is 22.5. The Kier molecular flexibility index (Phi) is 5.27. The molecule has 31 heavy (non-hydrogen) atoms. The van der Waals surface area contributed by atoms with E-state index in [1.807, 2.05) is 0 Å². The highest BCUT2D eigenvalue weighted by molar-refractivity contribution is 6.52. The summed E-state index contributed by atoms with van der Waals surface area (Å²) in [5.41, 5.74) is 0.536. The molecule has 1 atom stereocenters. The largest absolute Gasteiger partial charge is 0.507 e. The number of Topliss-reactive ketones (excluding diaryl/α,β-unsaturated/α-hetero) is 1. The van der Waals surface area contributed by atoms with E-state index >= 15 is 0 Å². The number of benzene rings is 3. The first-order valence-electron chi connectivity index (χ1n) is 9.25. The van der Waals surface area contributed by atoms with Crippen LogP contribution < -0.4 is 4.90 Å². The summed E-state index contributed by atoms with van der Waals surface area (Å²) >= 11 is 6.39. The number of carbonyl (C=O) groups is 2. The van der Waals surface area contributed by atoms with Crippen LogP contribution in [0, 0.1) is 10.1 Å². The molecule has 0 bridgehead atoms. The maximum atomic E-state index is 13.0. The van der Waals surface area contributed by atoms with Crippen molar-refractivity contribution in [3.05, 3.63) is 111 Å². The molecule has 1 fully saturated rings. The van der Waals surface area contributed by atoms with Gasteiger partial charge in [0.15, 0.2) is 0 Å². The minimum Gasteiger partial charge on any atom is -0.507 e. The fourth-order valence-electron chi connectivity index (χ4n) is 3.60. The summed E-state index contributed by atoms with van der Waals surface area (Å²) < 4.78 is 0. The summed E-state index contributed by atoms with van der Waals surface area (Å²) in [5.74, 6) is -2.17. The van der Waals surface area contributed by atoms with Crippen molar-refractivity contribution >= 4 is 40.4 Å². The van der Waals surface area contributed by atoms with E-state index in [0.717, 1.165) is 4.90 Å². The number of hydrogen-bond donors (Lipinski definition) is 1. The number of halogens is 1. The van der Waals surface area contributed by atoms with Crippen molar-refractivity contribution < 1.29 is 19.6 Å². The van der Waals surface area contributed by atoms with Crippen LogP contribution in [0.25, 0.3) is 5.76 Å². The molecule has 0 aliphatic carbocycles. The topological polar surface area (TPSA) is 101 Å². The van der Waals surface area contributed by atoms with Gasteiger partial charge in [0.2, 0.25) is 0 Å². The number of aliphatic hydroxyl groups excluding tert-OH is 1. The second-order valence-electron chi connectivity index (χ2n) is 6.83. The van der Waals surface area contributed by atoms with Gasteiger partial charge in [-0.3, -0.25) is 24.6 Å². The number of hydrogen-bond acceptors (Lipinski definition) is 5. The monoisotopic (exact) mass is 434 g/mol. The molecular weight excluding hydrogens is 420 g/mol. The van der Waals surface area contributed by atoms with Gasteiger partial charge in [-0.25, -0.2) is 0 Å². The molecule has 8 heteroatoms. The highest BCUT2D eigenvalue weighted by atomic mass is 35.5. The zero-order valence-corrected chi connectivity index (χ0v) is 16.7. The first kappa shape index (κ1) is 20.3. The lowest BCUT2D eigenvalue weighted by Gasteiger charge is -2.26. The van der Waals surface area contributed by atoms with Gasteiger partial charge in [0.1, 0.15) is 5.76 Å². The van der Waals surface area contributed by atoms with E-state index in [-0.39, 0.29) is 27.7 Å². The van der Waals surface area contributed by atoms with E-state index in [4.69, 9.17) is 11.6 Å². The molecule has 1 N–H and O–H groups in total. The third-order valence-electron chi connectivity index (χ3n) is 5.01. The van der Waals surface area contributed by atoms with Crippen molar-refractivity contribution in [1.29, 1.82) is 0 Å². The lowest BCUT2D eigenvalue weighted by atomic mass is 9.95. The minimum absolute atomic E-state index is 0.143. The number of amides is 1. The van der Waals surface area contributed by atoms with Crippen LogP contribution >= 0.6 is 11.6 Å². The molecule has 154 valence electrons. The molecule has 0 radical (unpaired) electrons. The van der Waals surface area contributed by atoms with Crippen LogP contribution in [-0.2, 0) is 9.59 Å². The van der Waals surface area contributed by atoms with Crippen LogP contribution in [0.5, 0.6) is 0 Å². The molecule has 7 nitrogen and oxygen atoms in total. The number of nitro benzene ring substituents is 1. The summed E-state index contributed by atoms with van der Waals surface area (Å²) in [6.07, 6.45) is 0. The van der Waals surface area contributed by atoms with Crippen LogP contribution in [-0.4, -0.2) is 21.7 Å². The lowest BCUT2D eigenvalue weighted by Crippen LogP contribution is -2.29. The molecule has 4 rings (SSSR count). The van der Waals surface area contributed by atoms with Crippen molar-refractivity contribution in [1.82, 2.24) is 0 Å². The minimum atomic E-state index is -1.06. The first-order chi connectivity index (χ1) is 14.9. The van der Waals surface area contributed by atoms with Gasteiger partial charge in [-0.2, -0.15) is 0 Å². The van der Waals surface area contributed by atoms with Gasteiger partial charge >= 0.3 is 0 Å². The van der Waals surface area contributed by atoms with Crippen molar-refractivity contribution in [3.63, 3.8) is 0 Å². The number of rotatable bonds is 4. The summed E-state index contributed by atoms with van der Waals surface area (Å²) in [4.78, 5) is 37.9. The molecule has 0 spiro atoms. The second-order valence-corrected chi connectivity index (χ2v) is 7.24. The SMILES string of the molecule is O=C1C(=O)N(c2cccc([N+](=O)[O-])c2)[C@@H](c2ccccc2Cl)C1=C(O)c1ccccc1. The average Bonchev–Trinajstić information content (AvgIpc) is 3.04. The zero-order chi connectivity index (χ0) is 22.1. The summed E-state index contributed by atoms with van der Waals surface area (Å²) in [6.45, 7) is 0. The fraction of sp³-hybridized carbons (Fsp3) is 0.0435. The number of aliphatic hydroxyl groups is 1. The van der Waals surface area contributed by atoms with Crippen molar-refractivity contribution in [2.75, 3.05) is 4.90 Å². The van der Waals surface area contributed by atoms with E-state index < -0.39 is 22.7 Å². The predicted octanol–water partition coefficient (Wildman–Crippen LogP) is 4.87. The number of nitrogens with zero attached hydrogens (tertiary/aromatic N) is 2. The van der Waals surface area contributed by atoms with Crippen LogP contribution in [0.4, 0.5) is 11.4 Å². The van der Waals surface area contributed by atoms with E-state index in [1.165, 1.54) is 24.3 Å². The van der Waals surface area contributed by atoms with E-state index in [0.29, 0.717) is 11.1 Å². The van der Waals surface area contributed by atoms with Gasteiger partial charge in [0.25, 0.3) is 17.4 Å². The van der Waals surface area contributed by atoms with Gasteiger partial charge in [0, 0.05) is 22.7 Å². The maximum absolute atomic E-state index is 13.0. The number of carbonyl (C=O) groups excluding carboxylic acids is 2. The highest BCUT2D eigenvalue weighted by Gasteiger charge is 2.47. The molecule has 1 heterocycles. The average molecular weight is 435 g/mol. The Hall–Kier alpha value is -3.97. The Labute approximate surface area is 182 Å². The predicted molar refractivity (Wildman–Crippen MR) is 116 cm³/mol. The van der Waals surface area contributed by atoms with Crippen molar-refractivity contribution in [3.8, 4) is 0 Å². The Bertz CT molecular complexity index is 1240. The van der Waals surface area contributed by atoms with Crippen molar-refractivity contribution in [2.45, 2.75) is 6.04 Å². The van der Waals surface area contributed by atoms with Crippen LogP contribution in [0.15, 0.2) is 84.4 Å². The third-order valence-corrected chi connectivity index (χ3v) is 5.35. The molecule has 0 aromatic heterocycles. The van der Waals surface area contributed by atoms with Gasteiger partial charge in [-0.05, 0) is 17.7 Å². The molecule has 3 aromatic carbocycles. The summed E-state index contributed by atoms with van der Waals surface area (Å²) in [7, 11) is 0. The van der Waals surface area contributed by atoms with Crippen LogP contribution in [0.1, 0.15) is 17.2 Å². The first-order valence-corrected chi connectivity index (χ1v) is 9.63. The smallest absolute Gasteiger partial charge is 0.300 e. The molecule has 1 saturated heterocycles. The number of anilines is 1. The standard InChI is InChI=1S/C23H15ClN2O5/c24-18-12-5-4-11-17(18)20-19(21(27)14-7-2-1-3-8-14)22(28)23(29)25(20)15-9-6-10-16(13-15)26(30)31/h1-13,20,27H/t20-/m0/s1. The lowest BCUT2D eigenvalue weighted by molar-refractivity contribution is -0.384. The highest BCUT2D eigenvalue weighted by Crippen LogP contribution is 2.44.